The first-order chi connectivity index (χ1) is 15.4. The number of nitrogens with one attached hydrogen (secondary N) is 2. The van der Waals surface area contributed by atoms with E-state index in [1.807, 2.05) is 0 Å². The molecule has 2 rings (SSSR count). The SMILES string of the molecule is CCCCCC(=O)NCCCN(C(=O)Nc1ccc([N+](=O)[O-])cc1)c1ccc(OC)cc1. The summed E-state index contributed by atoms with van der Waals surface area (Å²) in [7, 11) is 1.57. The summed E-state index contributed by atoms with van der Waals surface area (Å²) >= 11 is 0. The van der Waals surface area contributed by atoms with Crippen molar-refractivity contribution in [3.63, 3.8) is 0 Å². The van der Waals surface area contributed by atoms with E-state index in [1.165, 1.54) is 24.3 Å². The third kappa shape index (κ3) is 7.90. The van der Waals surface area contributed by atoms with E-state index in [-0.39, 0.29) is 17.6 Å². The number of unbranched alkanes of at least 4 members (excludes halogenated alkanes) is 2. The van der Waals surface area contributed by atoms with E-state index in [2.05, 4.69) is 17.6 Å². The highest BCUT2D eigenvalue weighted by atomic mass is 16.6. The summed E-state index contributed by atoms with van der Waals surface area (Å²) in [6.45, 7) is 2.93. The number of non-ortho nitro benzene ring substituents is 1. The number of hydrogen-bond donors (Lipinski definition) is 2. The summed E-state index contributed by atoms with van der Waals surface area (Å²) < 4.78 is 5.18. The number of hydrogen-bond acceptors (Lipinski definition) is 5. The van der Waals surface area contributed by atoms with Crippen molar-refractivity contribution in [2.75, 3.05) is 30.4 Å². The number of anilines is 2. The molecule has 3 amide bonds. The summed E-state index contributed by atoms with van der Waals surface area (Å²) in [5, 5.41) is 16.5. The zero-order valence-electron chi connectivity index (χ0n) is 18.5. The molecule has 9 heteroatoms. The van der Waals surface area contributed by atoms with Crippen molar-refractivity contribution in [1.82, 2.24) is 5.32 Å². The minimum Gasteiger partial charge on any atom is -0.497 e. The van der Waals surface area contributed by atoms with Gasteiger partial charge >= 0.3 is 6.03 Å². The van der Waals surface area contributed by atoms with Gasteiger partial charge in [0, 0.05) is 43.0 Å². The van der Waals surface area contributed by atoms with Crippen molar-refractivity contribution in [2.24, 2.45) is 0 Å². The van der Waals surface area contributed by atoms with Gasteiger partial charge < -0.3 is 15.4 Å². The van der Waals surface area contributed by atoms with E-state index in [9.17, 15) is 19.7 Å². The van der Waals surface area contributed by atoms with Crippen LogP contribution >= 0.6 is 0 Å². The van der Waals surface area contributed by atoms with Gasteiger partial charge in [-0.25, -0.2) is 4.79 Å². The minimum absolute atomic E-state index is 0.0183. The molecule has 0 heterocycles. The molecule has 0 bridgehead atoms. The van der Waals surface area contributed by atoms with Crippen LogP contribution in [0.3, 0.4) is 0 Å². The average Bonchev–Trinajstić information content (AvgIpc) is 2.79. The van der Waals surface area contributed by atoms with Gasteiger partial charge in [-0.2, -0.15) is 0 Å². The van der Waals surface area contributed by atoms with Crippen molar-refractivity contribution in [3.8, 4) is 5.75 Å². The standard InChI is InChI=1S/C23H30N4O5/c1-3-4-5-7-22(28)24-16-6-17-26(19-12-14-21(32-2)15-13-19)23(29)25-18-8-10-20(11-9-18)27(30)31/h8-15H,3-7,16-17H2,1-2H3,(H,24,28)(H,25,29). The first-order valence-corrected chi connectivity index (χ1v) is 10.7. The lowest BCUT2D eigenvalue weighted by molar-refractivity contribution is -0.384. The Morgan fingerprint density at radius 3 is 2.31 bits per heavy atom. The Morgan fingerprint density at radius 2 is 1.72 bits per heavy atom. The highest BCUT2D eigenvalue weighted by Crippen LogP contribution is 2.21. The number of carbonyl (C=O) groups excluding carboxylic acids is 2. The van der Waals surface area contributed by atoms with Crippen LogP contribution in [0.2, 0.25) is 0 Å². The molecular weight excluding hydrogens is 412 g/mol. The number of nitro benzene ring substituents is 1. The number of amides is 3. The molecule has 2 aromatic carbocycles. The molecule has 0 aliphatic carbocycles. The lowest BCUT2D eigenvalue weighted by atomic mass is 10.2. The van der Waals surface area contributed by atoms with Crippen LogP contribution in [0, 0.1) is 10.1 Å². The Balaban J connectivity index is 2.00. The smallest absolute Gasteiger partial charge is 0.326 e. The fourth-order valence-electron chi connectivity index (χ4n) is 3.06. The maximum Gasteiger partial charge on any atom is 0.326 e. The van der Waals surface area contributed by atoms with Crippen LogP contribution in [0.4, 0.5) is 21.9 Å². The number of carbonyl (C=O) groups is 2. The lowest BCUT2D eigenvalue weighted by Gasteiger charge is -2.23. The quantitative estimate of drug-likeness (QED) is 0.280. The number of nitrogens with zero attached hydrogens (tertiary/aromatic N) is 2. The Bertz CT molecular complexity index is 884. The molecular formula is C23H30N4O5. The van der Waals surface area contributed by atoms with Gasteiger partial charge in [-0.3, -0.25) is 19.8 Å². The van der Waals surface area contributed by atoms with E-state index in [0.717, 1.165) is 19.3 Å². The van der Waals surface area contributed by atoms with Gasteiger partial charge in [-0.05, 0) is 49.2 Å². The zero-order chi connectivity index (χ0) is 23.3. The lowest BCUT2D eigenvalue weighted by Crippen LogP contribution is -2.37. The summed E-state index contributed by atoms with van der Waals surface area (Å²) in [6.07, 6.45) is 4.04. The van der Waals surface area contributed by atoms with E-state index in [0.29, 0.717) is 43.1 Å². The molecule has 2 aromatic rings. The van der Waals surface area contributed by atoms with Crippen LogP contribution in [-0.2, 0) is 4.79 Å². The number of urea groups is 1. The number of methoxy groups -OCH3 is 1. The van der Waals surface area contributed by atoms with E-state index in [4.69, 9.17) is 4.74 Å². The summed E-state index contributed by atoms with van der Waals surface area (Å²) in [4.78, 5) is 36.7. The van der Waals surface area contributed by atoms with E-state index in [1.54, 1.807) is 36.3 Å². The van der Waals surface area contributed by atoms with Gasteiger partial charge in [0.1, 0.15) is 5.75 Å². The monoisotopic (exact) mass is 442 g/mol. The molecule has 9 nitrogen and oxygen atoms in total. The molecule has 2 N–H and O–H groups in total. The second kappa shape index (κ2) is 12.9. The van der Waals surface area contributed by atoms with Gasteiger partial charge in [0.2, 0.25) is 5.91 Å². The Labute approximate surface area is 187 Å². The topological polar surface area (TPSA) is 114 Å². The highest BCUT2D eigenvalue weighted by Gasteiger charge is 2.17. The fourth-order valence-corrected chi connectivity index (χ4v) is 3.06. The second-order valence-corrected chi connectivity index (χ2v) is 7.24. The Kier molecular flexibility index (Phi) is 9.96. The van der Waals surface area contributed by atoms with Crippen LogP contribution in [0.5, 0.6) is 5.75 Å². The molecule has 0 unspecified atom stereocenters. The van der Waals surface area contributed by atoms with Crippen molar-refractivity contribution in [1.29, 1.82) is 0 Å². The number of nitro groups is 1. The number of ether oxygens (including phenoxy) is 1. The Hall–Kier alpha value is -3.62. The fraction of sp³-hybridized carbons (Fsp3) is 0.391. The van der Waals surface area contributed by atoms with Gasteiger partial charge in [0.05, 0.1) is 12.0 Å². The van der Waals surface area contributed by atoms with Crippen molar-refractivity contribution < 1.29 is 19.2 Å². The van der Waals surface area contributed by atoms with Gasteiger partial charge in [0.15, 0.2) is 0 Å². The molecule has 0 aromatic heterocycles. The van der Waals surface area contributed by atoms with Crippen LogP contribution in [0.15, 0.2) is 48.5 Å². The number of benzene rings is 2. The predicted molar refractivity (Wildman–Crippen MR) is 124 cm³/mol. The third-order valence-electron chi connectivity index (χ3n) is 4.85. The molecule has 0 saturated carbocycles. The molecule has 0 aliphatic heterocycles. The van der Waals surface area contributed by atoms with Gasteiger partial charge in [-0.15, -0.1) is 0 Å². The average molecular weight is 443 g/mol. The molecule has 0 fully saturated rings. The van der Waals surface area contributed by atoms with Crippen LogP contribution in [0.1, 0.15) is 39.0 Å². The zero-order valence-corrected chi connectivity index (χ0v) is 18.5. The first-order valence-electron chi connectivity index (χ1n) is 10.7. The van der Waals surface area contributed by atoms with Gasteiger partial charge in [0.25, 0.3) is 5.69 Å². The van der Waals surface area contributed by atoms with Crippen molar-refractivity contribution in [3.05, 3.63) is 58.6 Å². The first kappa shape index (κ1) is 24.6. The summed E-state index contributed by atoms with van der Waals surface area (Å²) in [6, 6.07) is 12.3. The Morgan fingerprint density at radius 1 is 1.03 bits per heavy atom. The van der Waals surface area contributed by atoms with Crippen molar-refractivity contribution >= 4 is 29.0 Å². The third-order valence-corrected chi connectivity index (χ3v) is 4.85. The molecule has 32 heavy (non-hydrogen) atoms. The summed E-state index contributed by atoms with van der Waals surface area (Å²) in [5.74, 6) is 0.689. The molecule has 0 spiro atoms. The van der Waals surface area contributed by atoms with E-state index >= 15 is 0 Å². The second-order valence-electron chi connectivity index (χ2n) is 7.24. The predicted octanol–water partition coefficient (Wildman–Crippen LogP) is 4.73. The molecule has 172 valence electrons. The normalized spacial score (nSPS) is 10.3. The van der Waals surface area contributed by atoms with E-state index < -0.39 is 4.92 Å². The van der Waals surface area contributed by atoms with Crippen molar-refractivity contribution in [2.45, 2.75) is 39.0 Å². The molecule has 0 atom stereocenters. The van der Waals surface area contributed by atoms with Crippen LogP contribution in [-0.4, -0.2) is 37.1 Å². The molecule has 0 saturated heterocycles. The largest absolute Gasteiger partial charge is 0.497 e. The molecule has 0 radical (unpaired) electrons. The minimum atomic E-state index is -0.494. The molecule has 0 aliphatic rings. The summed E-state index contributed by atoms with van der Waals surface area (Å²) in [5.41, 5.74) is 1.06. The number of rotatable bonds is 12. The maximum absolute atomic E-state index is 13.0. The maximum atomic E-state index is 13.0. The van der Waals surface area contributed by atoms with Gasteiger partial charge in [-0.1, -0.05) is 19.8 Å². The van der Waals surface area contributed by atoms with Crippen LogP contribution in [0.25, 0.3) is 0 Å². The van der Waals surface area contributed by atoms with Crippen LogP contribution < -0.4 is 20.3 Å². The highest BCUT2D eigenvalue weighted by molar-refractivity contribution is 6.01.